The molecule has 1 atom stereocenters. The first kappa shape index (κ1) is 17.7. The second-order valence-electron chi connectivity index (χ2n) is 6.93. The largest absolute Gasteiger partial charge is 0.340 e. The molecule has 0 bridgehead atoms. The summed E-state index contributed by atoms with van der Waals surface area (Å²) in [6.45, 7) is 1.12. The van der Waals surface area contributed by atoms with E-state index in [-0.39, 0.29) is 11.9 Å². The van der Waals surface area contributed by atoms with Crippen LogP contribution in [-0.4, -0.2) is 44.6 Å². The molecule has 1 aliphatic carbocycles. The fourth-order valence-electron chi connectivity index (χ4n) is 3.81. The van der Waals surface area contributed by atoms with Crippen LogP contribution in [0.1, 0.15) is 37.7 Å². The molecular weight excluding hydrogens is 348 g/mol. The first-order chi connectivity index (χ1) is 11.3. The molecule has 0 unspecified atom stereocenters. The SMILES string of the molecule is CS(=O)(=O)N[C@@H]1CCCN(C(=O)C2(c3cccc(Cl)c3)CCC2)C1. The number of amides is 1. The van der Waals surface area contributed by atoms with E-state index in [2.05, 4.69) is 4.72 Å². The Balaban J connectivity index is 1.79. The Bertz CT molecular complexity index is 731. The van der Waals surface area contributed by atoms with Gasteiger partial charge in [-0.25, -0.2) is 13.1 Å². The van der Waals surface area contributed by atoms with Gasteiger partial charge in [0.05, 0.1) is 11.7 Å². The smallest absolute Gasteiger partial charge is 0.233 e. The summed E-state index contributed by atoms with van der Waals surface area (Å²) >= 11 is 6.12. The van der Waals surface area contributed by atoms with Crippen LogP contribution in [0.4, 0.5) is 0 Å². The van der Waals surface area contributed by atoms with Gasteiger partial charge in [-0.1, -0.05) is 30.2 Å². The van der Waals surface area contributed by atoms with E-state index in [1.54, 1.807) is 0 Å². The first-order valence-electron chi connectivity index (χ1n) is 8.33. The monoisotopic (exact) mass is 370 g/mol. The third kappa shape index (κ3) is 3.60. The molecular formula is C17H23ClN2O3S. The van der Waals surface area contributed by atoms with Crippen LogP contribution < -0.4 is 4.72 Å². The number of nitrogens with zero attached hydrogens (tertiary/aromatic N) is 1. The average molecular weight is 371 g/mol. The molecule has 5 nitrogen and oxygen atoms in total. The molecule has 1 aromatic rings. The lowest BCUT2D eigenvalue weighted by atomic mass is 9.63. The van der Waals surface area contributed by atoms with Gasteiger partial charge in [-0.2, -0.15) is 0 Å². The maximum Gasteiger partial charge on any atom is 0.233 e. The molecule has 1 aliphatic heterocycles. The van der Waals surface area contributed by atoms with Crippen LogP contribution >= 0.6 is 11.6 Å². The molecule has 1 heterocycles. The van der Waals surface area contributed by atoms with Crippen LogP contribution in [0.2, 0.25) is 5.02 Å². The highest BCUT2D eigenvalue weighted by molar-refractivity contribution is 7.88. The van der Waals surface area contributed by atoms with Crippen molar-refractivity contribution in [1.29, 1.82) is 0 Å². The van der Waals surface area contributed by atoms with Gasteiger partial charge in [-0.05, 0) is 43.4 Å². The van der Waals surface area contributed by atoms with Crippen molar-refractivity contribution in [2.45, 2.75) is 43.6 Å². The summed E-state index contributed by atoms with van der Waals surface area (Å²) < 4.78 is 25.6. The number of benzene rings is 1. The van der Waals surface area contributed by atoms with Crippen molar-refractivity contribution in [1.82, 2.24) is 9.62 Å². The van der Waals surface area contributed by atoms with E-state index >= 15 is 0 Å². The molecule has 0 aromatic heterocycles. The summed E-state index contributed by atoms with van der Waals surface area (Å²) in [6, 6.07) is 7.35. The lowest BCUT2D eigenvalue weighted by Crippen LogP contribution is -2.56. The summed E-state index contributed by atoms with van der Waals surface area (Å²) in [5.41, 5.74) is 0.488. The van der Waals surface area contributed by atoms with Gasteiger partial charge in [0, 0.05) is 24.2 Å². The first-order valence-corrected chi connectivity index (χ1v) is 10.6. The van der Waals surface area contributed by atoms with Crippen LogP contribution in [0.25, 0.3) is 0 Å². The number of sulfonamides is 1. The second kappa shape index (κ2) is 6.65. The predicted molar refractivity (Wildman–Crippen MR) is 94.6 cm³/mol. The highest BCUT2D eigenvalue weighted by Crippen LogP contribution is 2.46. The molecule has 2 fully saturated rings. The zero-order valence-electron chi connectivity index (χ0n) is 13.8. The Morgan fingerprint density at radius 2 is 2.08 bits per heavy atom. The van der Waals surface area contributed by atoms with E-state index in [0.29, 0.717) is 18.1 Å². The molecule has 7 heteroatoms. The maximum absolute atomic E-state index is 13.2. The molecule has 0 spiro atoms. The summed E-state index contributed by atoms with van der Waals surface area (Å²) in [6.07, 6.45) is 5.41. The highest BCUT2D eigenvalue weighted by atomic mass is 35.5. The zero-order valence-corrected chi connectivity index (χ0v) is 15.4. The Morgan fingerprint density at radius 1 is 1.33 bits per heavy atom. The lowest BCUT2D eigenvalue weighted by molar-refractivity contribution is -0.142. The van der Waals surface area contributed by atoms with Gasteiger partial charge in [-0.3, -0.25) is 4.79 Å². The Kier molecular flexibility index (Phi) is 4.91. The summed E-state index contributed by atoms with van der Waals surface area (Å²) in [7, 11) is -3.26. The predicted octanol–water partition coefficient (Wildman–Crippen LogP) is 2.30. The number of hydrogen-bond acceptors (Lipinski definition) is 3. The van der Waals surface area contributed by atoms with Crippen molar-refractivity contribution in [3.05, 3.63) is 34.9 Å². The second-order valence-corrected chi connectivity index (χ2v) is 9.14. The van der Waals surface area contributed by atoms with E-state index in [4.69, 9.17) is 11.6 Å². The van der Waals surface area contributed by atoms with Gasteiger partial charge in [0.2, 0.25) is 15.9 Å². The number of piperidine rings is 1. The molecule has 1 saturated heterocycles. The van der Waals surface area contributed by atoms with E-state index < -0.39 is 15.4 Å². The number of hydrogen-bond donors (Lipinski definition) is 1. The van der Waals surface area contributed by atoms with Gasteiger partial charge in [0.1, 0.15) is 0 Å². The van der Waals surface area contributed by atoms with Gasteiger partial charge in [0.25, 0.3) is 0 Å². The fourth-order valence-corrected chi connectivity index (χ4v) is 4.79. The molecule has 1 saturated carbocycles. The zero-order chi connectivity index (χ0) is 17.4. The van der Waals surface area contributed by atoms with Crippen molar-refractivity contribution in [2.24, 2.45) is 0 Å². The van der Waals surface area contributed by atoms with E-state index in [0.717, 1.165) is 43.9 Å². The molecule has 132 valence electrons. The number of rotatable bonds is 4. The van der Waals surface area contributed by atoms with Crippen LogP contribution in [0.3, 0.4) is 0 Å². The van der Waals surface area contributed by atoms with Crippen molar-refractivity contribution < 1.29 is 13.2 Å². The molecule has 24 heavy (non-hydrogen) atoms. The highest BCUT2D eigenvalue weighted by Gasteiger charge is 2.48. The maximum atomic E-state index is 13.2. The van der Waals surface area contributed by atoms with Crippen molar-refractivity contribution in [2.75, 3.05) is 19.3 Å². The number of nitrogens with one attached hydrogen (secondary N) is 1. The van der Waals surface area contributed by atoms with Gasteiger partial charge in [-0.15, -0.1) is 0 Å². The molecule has 0 radical (unpaired) electrons. The standard InChI is InChI=1S/C17H23ClN2O3S/c1-24(22,23)19-15-7-3-10-20(12-15)16(21)17(8-4-9-17)13-5-2-6-14(18)11-13/h2,5-6,11,15,19H,3-4,7-10,12H2,1H3/t15-/m1/s1. The summed E-state index contributed by atoms with van der Waals surface area (Å²) in [5, 5.41) is 0.641. The van der Waals surface area contributed by atoms with Crippen LogP contribution in [0, 0.1) is 0 Å². The topological polar surface area (TPSA) is 66.5 Å². The van der Waals surface area contributed by atoms with Crippen LogP contribution in [-0.2, 0) is 20.2 Å². The minimum atomic E-state index is -3.26. The van der Waals surface area contributed by atoms with Crippen molar-refractivity contribution in [3.8, 4) is 0 Å². The lowest BCUT2D eigenvalue weighted by Gasteiger charge is -2.46. The van der Waals surface area contributed by atoms with Crippen molar-refractivity contribution in [3.63, 3.8) is 0 Å². The van der Waals surface area contributed by atoms with Crippen LogP contribution in [0.5, 0.6) is 0 Å². The molecule has 2 aliphatic rings. The van der Waals surface area contributed by atoms with E-state index in [1.165, 1.54) is 0 Å². The van der Waals surface area contributed by atoms with Gasteiger partial charge < -0.3 is 4.90 Å². The minimum absolute atomic E-state index is 0.107. The number of carbonyl (C=O) groups excluding carboxylic acids is 1. The minimum Gasteiger partial charge on any atom is -0.340 e. The van der Waals surface area contributed by atoms with E-state index in [9.17, 15) is 13.2 Å². The van der Waals surface area contributed by atoms with Gasteiger partial charge in [0.15, 0.2) is 0 Å². The number of likely N-dealkylation sites (tertiary alicyclic amines) is 1. The van der Waals surface area contributed by atoms with Gasteiger partial charge >= 0.3 is 0 Å². The summed E-state index contributed by atoms with van der Waals surface area (Å²) in [5.74, 6) is 0.107. The Morgan fingerprint density at radius 3 is 2.67 bits per heavy atom. The Labute approximate surface area is 148 Å². The van der Waals surface area contributed by atoms with Crippen LogP contribution in [0.15, 0.2) is 24.3 Å². The summed E-state index contributed by atoms with van der Waals surface area (Å²) in [4.78, 5) is 15.1. The fraction of sp³-hybridized carbons (Fsp3) is 0.588. The quantitative estimate of drug-likeness (QED) is 0.884. The Hall–Kier alpha value is -1.11. The molecule has 1 aromatic carbocycles. The number of halogens is 1. The molecule has 1 amide bonds. The third-order valence-corrected chi connectivity index (χ3v) is 6.08. The third-order valence-electron chi connectivity index (χ3n) is 5.08. The molecule has 1 N–H and O–H groups in total. The van der Waals surface area contributed by atoms with Crippen molar-refractivity contribution >= 4 is 27.5 Å². The normalized spacial score (nSPS) is 23.6. The number of carbonyl (C=O) groups is 1. The average Bonchev–Trinajstić information content (AvgIpc) is 2.44. The molecule has 3 rings (SSSR count). The van der Waals surface area contributed by atoms with E-state index in [1.807, 2.05) is 29.2 Å².